The lowest BCUT2D eigenvalue weighted by Gasteiger charge is -2.30. The van der Waals surface area contributed by atoms with Crippen LogP contribution >= 0.6 is 0 Å². The fourth-order valence-electron chi connectivity index (χ4n) is 9.29. The molecule has 0 amide bonds. The molecule has 0 saturated carbocycles. The Morgan fingerprint density at radius 1 is 0.304 bits per heavy atom. The first-order chi connectivity index (χ1) is 27.7. The maximum Gasteiger partial charge on any atom is 0.164 e. The van der Waals surface area contributed by atoms with Crippen molar-refractivity contribution < 1.29 is 4.42 Å². The largest absolute Gasteiger partial charge is 0.456 e. The predicted molar refractivity (Wildman–Crippen MR) is 225 cm³/mol. The van der Waals surface area contributed by atoms with Gasteiger partial charge in [0.2, 0.25) is 0 Å². The van der Waals surface area contributed by atoms with Crippen LogP contribution in [0.1, 0.15) is 22.3 Å². The van der Waals surface area contributed by atoms with Gasteiger partial charge in [-0.15, -0.1) is 0 Å². The summed E-state index contributed by atoms with van der Waals surface area (Å²) in [7, 11) is 0. The second kappa shape index (κ2) is 11.8. The van der Waals surface area contributed by atoms with Crippen molar-refractivity contribution in [3.8, 4) is 67.5 Å². The topological polar surface area (TPSA) is 51.8 Å². The van der Waals surface area contributed by atoms with Gasteiger partial charge in [-0.25, -0.2) is 15.0 Å². The highest BCUT2D eigenvalue weighted by Crippen LogP contribution is 2.63. The minimum atomic E-state index is -0.425. The Kier molecular flexibility index (Phi) is 6.52. The van der Waals surface area contributed by atoms with Gasteiger partial charge < -0.3 is 4.42 Å². The third-order valence-electron chi connectivity index (χ3n) is 11.8. The van der Waals surface area contributed by atoms with Crippen molar-refractivity contribution in [2.45, 2.75) is 5.41 Å². The van der Waals surface area contributed by atoms with Crippen LogP contribution in [0.15, 0.2) is 192 Å². The monoisotopic (exact) mass is 713 g/mol. The zero-order chi connectivity index (χ0) is 36.8. The predicted octanol–water partition coefficient (Wildman–Crippen LogP) is 12.8. The summed E-state index contributed by atoms with van der Waals surface area (Å²) in [6, 6.07) is 66.6. The van der Waals surface area contributed by atoms with E-state index in [0.717, 1.165) is 44.2 Å². The molecule has 4 nitrogen and oxygen atoms in total. The molecular formula is C52H31N3O. The lowest BCUT2D eigenvalue weighted by atomic mass is 9.70. The number of rotatable bonds is 4. The summed E-state index contributed by atoms with van der Waals surface area (Å²) >= 11 is 0. The summed E-state index contributed by atoms with van der Waals surface area (Å²) in [6.07, 6.45) is 0. The Balaban J connectivity index is 1.04. The highest BCUT2D eigenvalue weighted by Gasteiger charge is 2.51. The van der Waals surface area contributed by atoms with Crippen LogP contribution in [-0.2, 0) is 5.41 Å². The Bertz CT molecular complexity index is 3140. The smallest absolute Gasteiger partial charge is 0.164 e. The molecule has 0 bridgehead atoms. The average Bonchev–Trinajstić information content (AvgIpc) is 3.89. The van der Waals surface area contributed by atoms with Crippen molar-refractivity contribution >= 4 is 21.9 Å². The summed E-state index contributed by atoms with van der Waals surface area (Å²) in [5.74, 6) is 1.87. The molecule has 0 N–H and O–H groups in total. The van der Waals surface area contributed by atoms with Gasteiger partial charge in [0.05, 0.1) is 5.41 Å². The molecule has 0 radical (unpaired) electrons. The van der Waals surface area contributed by atoms with E-state index in [1.54, 1.807) is 0 Å². The van der Waals surface area contributed by atoms with Crippen LogP contribution in [0.5, 0.6) is 0 Å². The molecule has 10 aromatic rings. The fraction of sp³-hybridized carbons (Fsp3) is 0.0192. The van der Waals surface area contributed by atoms with E-state index in [9.17, 15) is 0 Å². The molecule has 8 aromatic carbocycles. The van der Waals surface area contributed by atoms with Crippen molar-refractivity contribution in [2.75, 3.05) is 0 Å². The van der Waals surface area contributed by atoms with E-state index in [2.05, 4.69) is 152 Å². The van der Waals surface area contributed by atoms with E-state index in [-0.39, 0.29) is 0 Å². The second-order valence-electron chi connectivity index (χ2n) is 14.7. The Morgan fingerprint density at radius 3 is 1.34 bits per heavy atom. The molecular weight excluding hydrogens is 683 g/mol. The van der Waals surface area contributed by atoms with Crippen molar-refractivity contribution in [1.82, 2.24) is 15.0 Å². The second-order valence-corrected chi connectivity index (χ2v) is 14.7. The molecule has 260 valence electrons. The molecule has 56 heavy (non-hydrogen) atoms. The first-order valence-electron chi connectivity index (χ1n) is 19.0. The van der Waals surface area contributed by atoms with Gasteiger partial charge in [-0.2, -0.15) is 0 Å². The number of aromatic nitrogens is 3. The van der Waals surface area contributed by atoms with E-state index in [1.165, 1.54) is 50.1 Å². The van der Waals surface area contributed by atoms with Crippen molar-refractivity contribution in [3.63, 3.8) is 0 Å². The molecule has 0 saturated heterocycles. The van der Waals surface area contributed by atoms with Gasteiger partial charge in [0.1, 0.15) is 11.2 Å². The first-order valence-corrected chi connectivity index (χ1v) is 19.0. The zero-order valence-electron chi connectivity index (χ0n) is 30.1. The van der Waals surface area contributed by atoms with E-state index in [1.807, 2.05) is 36.4 Å². The maximum atomic E-state index is 6.73. The molecule has 2 heterocycles. The summed E-state index contributed by atoms with van der Waals surface area (Å²) in [6.45, 7) is 0. The number of hydrogen-bond acceptors (Lipinski definition) is 4. The van der Waals surface area contributed by atoms with Gasteiger partial charge in [-0.05, 0) is 86.0 Å². The standard InChI is InChI=1S/C52H31N3O/c1-3-13-32(14-4-1)33-23-25-35(26-24-33)50-53-49(34-15-5-2-6-16-34)54-51(55-50)36-27-28-47-41(29-36)42-30-40-39-19-9-12-22-45(39)52(46(40)31-48(42)56-47)43-20-10-7-17-37(43)38-18-8-11-21-44(38)52/h1-31H. The lowest BCUT2D eigenvalue weighted by Crippen LogP contribution is -2.25. The van der Waals surface area contributed by atoms with Crippen LogP contribution in [0.4, 0.5) is 0 Å². The molecule has 0 unspecified atom stereocenters. The van der Waals surface area contributed by atoms with E-state index >= 15 is 0 Å². The fourth-order valence-corrected chi connectivity index (χ4v) is 9.29. The third-order valence-corrected chi connectivity index (χ3v) is 11.8. The normalized spacial score (nSPS) is 13.1. The molecule has 2 aromatic heterocycles. The number of fused-ring (bicyclic) bond motifs is 13. The molecule has 4 heteroatoms. The Labute approximate surface area is 323 Å². The third kappa shape index (κ3) is 4.38. The van der Waals surface area contributed by atoms with E-state index < -0.39 is 5.41 Å². The minimum absolute atomic E-state index is 0.425. The van der Waals surface area contributed by atoms with E-state index in [0.29, 0.717) is 17.5 Å². The van der Waals surface area contributed by atoms with Gasteiger partial charge in [-0.3, -0.25) is 0 Å². The van der Waals surface area contributed by atoms with Gasteiger partial charge in [0.25, 0.3) is 0 Å². The number of nitrogens with zero attached hydrogens (tertiary/aromatic N) is 3. The summed E-state index contributed by atoms with van der Waals surface area (Å²) in [5.41, 5.74) is 16.6. The van der Waals surface area contributed by atoms with Crippen LogP contribution in [0, 0.1) is 0 Å². The minimum Gasteiger partial charge on any atom is -0.456 e. The van der Waals surface area contributed by atoms with Gasteiger partial charge in [0, 0.05) is 27.5 Å². The van der Waals surface area contributed by atoms with Crippen molar-refractivity contribution in [3.05, 3.63) is 210 Å². The number of furan rings is 1. The molecule has 0 aliphatic heterocycles. The van der Waals surface area contributed by atoms with Gasteiger partial charge in [0.15, 0.2) is 17.5 Å². The summed E-state index contributed by atoms with van der Waals surface area (Å²) in [5, 5.41) is 2.10. The molecule has 0 atom stereocenters. The summed E-state index contributed by atoms with van der Waals surface area (Å²) in [4.78, 5) is 15.2. The van der Waals surface area contributed by atoms with Crippen molar-refractivity contribution in [1.29, 1.82) is 0 Å². The van der Waals surface area contributed by atoms with Crippen LogP contribution < -0.4 is 0 Å². The molecule has 12 rings (SSSR count). The molecule has 0 fully saturated rings. The first kappa shape index (κ1) is 31.0. The maximum absolute atomic E-state index is 6.73. The number of benzene rings is 8. The molecule has 1 spiro atoms. The Hall–Kier alpha value is -7.43. The van der Waals surface area contributed by atoms with Crippen molar-refractivity contribution in [2.24, 2.45) is 0 Å². The molecule has 2 aliphatic rings. The highest BCUT2D eigenvalue weighted by molar-refractivity contribution is 6.10. The zero-order valence-corrected chi connectivity index (χ0v) is 30.1. The summed E-state index contributed by atoms with van der Waals surface area (Å²) < 4.78 is 6.73. The van der Waals surface area contributed by atoms with Gasteiger partial charge >= 0.3 is 0 Å². The van der Waals surface area contributed by atoms with Crippen LogP contribution in [0.25, 0.3) is 89.5 Å². The van der Waals surface area contributed by atoms with Crippen LogP contribution in [0.2, 0.25) is 0 Å². The van der Waals surface area contributed by atoms with E-state index in [4.69, 9.17) is 19.4 Å². The SMILES string of the molecule is c1ccc(-c2ccc(-c3nc(-c4ccccc4)nc(-c4ccc5oc6cc7c(cc6c5c4)-c4ccccc4C74c5ccccc5-c5ccccc54)n3)cc2)cc1. The van der Waals surface area contributed by atoms with Crippen LogP contribution in [0.3, 0.4) is 0 Å². The molecule has 2 aliphatic carbocycles. The lowest BCUT2D eigenvalue weighted by molar-refractivity contribution is 0.666. The van der Waals surface area contributed by atoms with Crippen LogP contribution in [-0.4, -0.2) is 15.0 Å². The highest BCUT2D eigenvalue weighted by atomic mass is 16.3. The van der Waals surface area contributed by atoms with Gasteiger partial charge in [-0.1, -0.05) is 158 Å². The average molecular weight is 714 g/mol. The quantitative estimate of drug-likeness (QED) is 0.182. The Morgan fingerprint density at radius 2 is 0.732 bits per heavy atom. The number of hydrogen-bond donors (Lipinski definition) is 0.